The molecular weight excluding hydrogens is 268 g/mol. The van der Waals surface area contributed by atoms with Gasteiger partial charge in [-0.25, -0.2) is 0 Å². The predicted octanol–water partition coefficient (Wildman–Crippen LogP) is 1.82. The summed E-state index contributed by atoms with van der Waals surface area (Å²) in [4.78, 5) is 28.9. The molecule has 2 atom stereocenters. The minimum absolute atomic E-state index is 0.203. The third-order valence-electron chi connectivity index (χ3n) is 5.63. The van der Waals surface area contributed by atoms with E-state index in [1.165, 1.54) is 0 Å². The van der Waals surface area contributed by atoms with E-state index in [-0.39, 0.29) is 11.9 Å². The smallest absolute Gasteiger partial charge is 0.313 e. The van der Waals surface area contributed by atoms with Crippen LogP contribution in [0.5, 0.6) is 0 Å². The highest BCUT2D eigenvalue weighted by Gasteiger charge is 2.75. The van der Waals surface area contributed by atoms with Crippen molar-refractivity contribution in [3.05, 3.63) is 30.1 Å². The monoisotopic (exact) mass is 288 g/mol. The van der Waals surface area contributed by atoms with Gasteiger partial charge in [0, 0.05) is 24.4 Å². The molecule has 0 aromatic carbocycles. The van der Waals surface area contributed by atoms with Crippen LogP contribution in [0.25, 0.3) is 0 Å². The van der Waals surface area contributed by atoms with Crippen molar-refractivity contribution in [2.45, 2.75) is 45.8 Å². The van der Waals surface area contributed by atoms with Crippen LogP contribution in [0, 0.1) is 10.8 Å². The Hall–Kier alpha value is -1.91. The number of amides is 1. The number of esters is 1. The van der Waals surface area contributed by atoms with Crippen molar-refractivity contribution in [3.63, 3.8) is 0 Å². The molecule has 112 valence electrons. The Kier molecular flexibility index (Phi) is 2.87. The van der Waals surface area contributed by atoms with Gasteiger partial charge in [-0.1, -0.05) is 19.9 Å². The lowest BCUT2D eigenvalue weighted by molar-refractivity contribution is -0.168. The molecule has 3 rings (SSSR count). The van der Waals surface area contributed by atoms with E-state index >= 15 is 0 Å². The molecule has 1 saturated carbocycles. The van der Waals surface area contributed by atoms with Crippen LogP contribution in [0.1, 0.15) is 39.2 Å². The Morgan fingerprint density at radius 1 is 1.38 bits per heavy atom. The van der Waals surface area contributed by atoms with Crippen LogP contribution in [-0.4, -0.2) is 22.5 Å². The number of aromatic nitrogens is 1. The summed E-state index contributed by atoms with van der Waals surface area (Å²) in [6.07, 6.45) is 4.68. The topological polar surface area (TPSA) is 68.3 Å². The van der Waals surface area contributed by atoms with Crippen molar-refractivity contribution in [3.8, 4) is 0 Å². The van der Waals surface area contributed by atoms with Crippen LogP contribution in [0.3, 0.4) is 0 Å². The third-order valence-corrected chi connectivity index (χ3v) is 5.63. The number of ether oxygens (including phenoxy) is 1. The molecule has 1 aliphatic heterocycles. The second-order valence-corrected chi connectivity index (χ2v) is 6.72. The van der Waals surface area contributed by atoms with E-state index < -0.39 is 16.4 Å². The second kappa shape index (κ2) is 4.29. The summed E-state index contributed by atoms with van der Waals surface area (Å²) in [7, 11) is 0. The van der Waals surface area contributed by atoms with Crippen molar-refractivity contribution in [1.82, 2.24) is 10.3 Å². The molecule has 2 fully saturated rings. The van der Waals surface area contributed by atoms with E-state index in [0.29, 0.717) is 19.4 Å². The summed E-state index contributed by atoms with van der Waals surface area (Å²) >= 11 is 0. The summed E-state index contributed by atoms with van der Waals surface area (Å²) in [6, 6.07) is 3.72. The third kappa shape index (κ3) is 1.66. The molecule has 5 nitrogen and oxygen atoms in total. The molecule has 2 bridgehead atoms. The lowest BCUT2D eigenvalue weighted by Crippen LogP contribution is -2.53. The average molecular weight is 288 g/mol. The molecule has 0 unspecified atom stereocenters. The Morgan fingerprint density at radius 3 is 2.67 bits per heavy atom. The lowest BCUT2D eigenvalue weighted by Gasteiger charge is -2.35. The summed E-state index contributed by atoms with van der Waals surface area (Å²) in [6.45, 7) is 6.19. The number of carbonyl (C=O) groups is 2. The Bertz CT molecular complexity index is 599. The molecule has 1 N–H and O–H groups in total. The zero-order valence-corrected chi connectivity index (χ0v) is 12.6. The average Bonchev–Trinajstić information content (AvgIpc) is 2.76. The van der Waals surface area contributed by atoms with E-state index in [0.717, 1.165) is 5.56 Å². The fraction of sp³-hybridized carbons (Fsp3) is 0.562. The molecule has 1 saturated heterocycles. The zero-order valence-electron chi connectivity index (χ0n) is 12.6. The van der Waals surface area contributed by atoms with E-state index in [9.17, 15) is 9.59 Å². The van der Waals surface area contributed by atoms with E-state index in [2.05, 4.69) is 10.3 Å². The Balaban J connectivity index is 1.80. The number of hydrogen-bond donors (Lipinski definition) is 1. The number of fused-ring (bicyclic) bond motifs is 2. The van der Waals surface area contributed by atoms with Gasteiger partial charge in [0.2, 0.25) is 0 Å². The number of hydrogen-bond acceptors (Lipinski definition) is 4. The number of nitrogens with zero attached hydrogens (tertiary/aromatic N) is 1. The molecule has 1 aromatic heterocycles. The van der Waals surface area contributed by atoms with Gasteiger partial charge in [-0.15, -0.1) is 0 Å². The SMILES string of the molecule is CC1(C)[C@@]2(C)CC[C@@]1(C(=O)NCc1cccnc1)OC2=O. The lowest BCUT2D eigenvalue weighted by atomic mass is 9.66. The summed E-state index contributed by atoms with van der Waals surface area (Å²) in [5.74, 6) is -0.457. The standard InChI is InChI=1S/C16H20N2O3/c1-14(2)15(3)6-7-16(14,21-13(15)20)12(19)18-10-11-5-4-8-17-9-11/h4-5,8-9H,6-7,10H2,1-3H3,(H,18,19)/t15-,16-/m0/s1. The fourth-order valence-electron chi connectivity index (χ4n) is 3.57. The second-order valence-electron chi connectivity index (χ2n) is 6.72. The van der Waals surface area contributed by atoms with Crippen LogP contribution < -0.4 is 5.32 Å². The Labute approximate surface area is 124 Å². The molecule has 1 aromatic rings. The quantitative estimate of drug-likeness (QED) is 0.861. The van der Waals surface area contributed by atoms with Gasteiger partial charge in [0.1, 0.15) is 0 Å². The molecule has 21 heavy (non-hydrogen) atoms. The van der Waals surface area contributed by atoms with Crippen LogP contribution in [-0.2, 0) is 20.9 Å². The highest BCUT2D eigenvalue weighted by molar-refractivity contribution is 5.96. The molecular formula is C16H20N2O3. The minimum atomic E-state index is -1.04. The highest BCUT2D eigenvalue weighted by atomic mass is 16.6. The van der Waals surface area contributed by atoms with Crippen LogP contribution >= 0.6 is 0 Å². The van der Waals surface area contributed by atoms with Crippen molar-refractivity contribution in [1.29, 1.82) is 0 Å². The molecule has 0 spiro atoms. The maximum Gasteiger partial charge on any atom is 0.313 e. The largest absolute Gasteiger partial charge is 0.448 e. The van der Waals surface area contributed by atoms with E-state index in [4.69, 9.17) is 4.74 Å². The van der Waals surface area contributed by atoms with Gasteiger partial charge in [0.15, 0.2) is 5.60 Å². The molecule has 2 aliphatic rings. The van der Waals surface area contributed by atoms with Crippen LogP contribution in [0.2, 0.25) is 0 Å². The number of rotatable bonds is 3. The summed E-state index contributed by atoms with van der Waals surface area (Å²) in [5.41, 5.74) is -1.19. The summed E-state index contributed by atoms with van der Waals surface area (Å²) < 4.78 is 5.55. The van der Waals surface area contributed by atoms with Crippen LogP contribution in [0.4, 0.5) is 0 Å². The van der Waals surface area contributed by atoms with E-state index in [1.54, 1.807) is 12.4 Å². The summed E-state index contributed by atoms with van der Waals surface area (Å²) in [5, 5.41) is 2.90. The molecule has 2 heterocycles. The minimum Gasteiger partial charge on any atom is -0.448 e. The van der Waals surface area contributed by atoms with Gasteiger partial charge in [-0.05, 0) is 31.4 Å². The normalized spacial score (nSPS) is 32.8. The van der Waals surface area contributed by atoms with Gasteiger partial charge in [-0.3, -0.25) is 14.6 Å². The van der Waals surface area contributed by atoms with Gasteiger partial charge in [0.25, 0.3) is 5.91 Å². The van der Waals surface area contributed by atoms with Crippen molar-refractivity contribution >= 4 is 11.9 Å². The van der Waals surface area contributed by atoms with E-state index in [1.807, 2.05) is 32.9 Å². The number of pyridine rings is 1. The van der Waals surface area contributed by atoms with Gasteiger partial charge in [-0.2, -0.15) is 0 Å². The van der Waals surface area contributed by atoms with Crippen molar-refractivity contribution < 1.29 is 14.3 Å². The first-order valence-electron chi connectivity index (χ1n) is 7.24. The first-order chi connectivity index (χ1) is 9.83. The number of nitrogens with one attached hydrogen (secondary N) is 1. The van der Waals surface area contributed by atoms with Crippen molar-refractivity contribution in [2.75, 3.05) is 0 Å². The Morgan fingerprint density at radius 2 is 2.14 bits per heavy atom. The predicted molar refractivity (Wildman–Crippen MR) is 76.0 cm³/mol. The van der Waals surface area contributed by atoms with Gasteiger partial charge >= 0.3 is 5.97 Å². The van der Waals surface area contributed by atoms with Crippen molar-refractivity contribution in [2.24, 2.45) is 10.8 Å². The zero-order chi connectivity index (χ0) is 15.3. The maximum absolute atomic E-state index is 12.7. The fourth-order valence-corrected chi connectivity index (χ4v) is 3.57. The first kappa shape index (κ1) is 14.0. The van der Waals surface area contributed by atoms with Crippen LogP contribution in [0.15, 0.2) is 24.5 Å². The maximum atomic E-state index is 12.7. The molecule has 1 aliphatic carbocycles. The number of carbonyl (C=O) groups excluding carboxylic acids is 2. The molecule has 5 heteroatoms. The molecule has 0 radical (unpaired) electrons. The van der Waals surface area contributed by atoms with Gasteiger partial charge < -0.3 is 10.1 Å². The molecule has 1 amide bonds. The highest BCUT2D eigenvalue weighted by Crippen LogP contribution is 2.65. The first-order valence-corrected chi connectivity index (χ1v) is 7.24. The van der Waals surface area contributed by atoms with Gasteiger partial charge in [0.05, 0.1) is 5.41 Å².